The normalized spacial score (nSPS) is 9.95. The zero-order valence-electron chi connectivity index (χ0n) is 10.7. The smallest absolute Gasteiger partial charge is 0.271 e. The van der Waals surface area contributed by atoms with Gasteiger partial charge in [0.2, 0.25) is 0 Å². The van der Waals surface area contributed by atoms with E-state index in [1.54, 1.807) is 6.20 Å². The van der Waals surface area contributed by atoms with E-state index >= 15 is 0 Å². The number of hydrogen-bond acceptors (Lipinski definition) is 4. The zero-order chi connectivity index (χ0) is 13.5. The summed E-state index contributed by atoms with van der Waals surface area (Å²) in [5, 5.41) is 2.72. The summed E-state index contributed by atoms with van der Waals surface area (Å²) >= 11 is 0. The quantitative estimate of drug-likeness (QED) is 0.826. The van der Waals surface area contributed by atoms with Crippen molar-refractivity contribution in [3.63, 3.8) is 0 Å². The van der Waals surface area contributed by atoms with Crippen LogP contribution in [0, 0.1) is 6.92 Å². The van der Waals surface area contributed by atoms with Crippen LogP contribution < -0.4 is 10.1 Å². The van der Waals surface area contributed by atoms with Crippen molar-refractivity contribution in [3.8, 4) is 5.75 Å². The van der Waals surface area contributed by atoms with E-state index in [0.29, 0.717) is 18.8 Å². The molecule has 1 aromatic heterocycles. The lowest BCUT2D eigenvalue weighted by Gasteiger charge is -2.07. The zero-order valence-corrected chi connectivity index (χ0v) is 10.7. The van der Waals surface area contributed by atoms with Crippen molar-refractivity contribution in [2.75, 3.05) is 13.2 Å². The molecule has 0 spiro atoms. The molecule has 1 aromatic carbocycles. The molecule has 0 aliphatic carbocycles. The van der Waals surface area contributed by atoms with Crippen LogP contribution in [0.2, 0.25) is 0 Å². The Morgan fingerprint density at radius 1 is 1.21 bits per heavy atom. The molecular weight excluding hydrogens is 242 g/mol. The van der Waals surface area contributed by atoms with Crippen molar-refractivity contribution in [2.24, 2.45) is 0 Å². The van der Waals surface area contributed by atoms with E-state index in [4.69, 9.17) is 4.74 Å². The minimum atomic E-state index is -0.246. The molecule has 0 unspecified atom stereocenters. The van der Waals surface area contributed by atoms with E-state index in [1.807, 2.05) is 37.3 Å². The molecular formula is C14H15N3O2. The average Bonchev–Trinajstić information content (AvgIpc) is 2.45. The number of ether oxygens (including phenoxy) is 1. The fourth-order valence-electron chi connectivity index (χ4n) is 1.45. The van der Waals surface area contributed by atoms with Gasteiger partial charge >= 0.3 is 0 Å². The lowest BCUT2D eigenvalue weighted by Crippen LogP contribution is -2.28. The van der Waals surface area contributed by atoms with Crippen LogP contribution in [0.5, 0.6) is 5.75 Å². The lowest BCUT2D eigenvalue weighted by atomic mass is 10.3. The number of nitrogens with one attached hydrogen (secondary N) is 1. The third-order valence-electron chi connectivity index (χ3n) is 2.41. The van der Waals surface area contributed by atoms with Crippen molar-refractivity contribution < 1.29 is 9.53 Å². The van der Waals surface area contributed by atoms with Gasteiger partial charge in [-0.1, -0.05) is 18.2 Å². The lowest BCUT2D eigenvalue weighted by molar-refractivity contribution is 0.0941. The monoisotopic (exact) mass is 257 g/mol. The molecule has 0 aliphatic rings. The van der Waals surface area contributed by atoms with Gasteiger partial charge in [-0.25, -0.2) is 4.98 Å². The molecule has 0 radical (unpaired) electrons. The van der Waals surface area contributed by atoms with Crippen LogP contribution in [0.1, 0.15) is 16.2 Å². The summed E-state index contributed by atoms with van der Waals surface area (Å²) in [7, 11) is 0. The van der Waals surface area contributed by atoms with Crippen LogP contribution in [-0.4, -0.2) is 29.0 Å². The number of aryl methyl sites for hydroxylation is 1. The topological polar surface area (TPSA) is 64.1 Å². The number of carbonyl (C=O) groups excluding carboxylic acids is 1. The minimum absolute atomic E-state index is 0.246. The maximum atomic E-state index is 11.7. The Balaban J connectivity index is 1.74. The third kappa shape index (κ3) is 4.06. The molecule has 19 heavy (non-hydrogen) atoms. The molecule has 0 fully saturated rings. The number of benzene rings is 1. The summed E-state index contributed by atoms with van der Waals surface area (Å²) in [6, 6.07) is 9.46. The van der Waals surface area contributed by atoms with Gasteiger partial charge in [-0.2, -0.15) is 0 Å². The summed E-state index contributed by atoms with van der Waals surface area (Å²) in [5.41, 5.74) is 1.09. The van der Waals surface area contributed by atoms with Crippen molar-refractivity contribution in [1.29, 1.82) is 0 Å². The molecule has 5 heteroatoms. The van der Waals surface area contributed by atoms with Gasteiger partial charge in [0.15, 0.2) is 0 Å². The second-order valence-corrected chi connectivity index (χ2v) is 3.96. The van der Waals surface area contributed by atoms with E-state index in [9.17, 15) is 4.79 Å². The van der Waals surface area contributed by atoms with Gasteiger partial charge in [-0.3, -0.25) is 9.78 Å². The van der Waals surface area contributed by atoms with Gasteiger partial charge in [0.05, 0.1) is 18.4 Å². The van der Waals surface area contributed by atoms with Crippen molar-refractivity contribution in [3.05, 3.63) is 54.1 Å². The van der Waals surface area contributed by atoms with Crippen molar-refractivity contribution in [2.45, 2.75) is 6.92 Å². The molecule has 1 N–H and O–H groups in total. The molecule has 1 heterocycles. The minimum Gasteiger partial charge on any atom is -0.492 e. The van der Waals surface area contributed by atoms with Gasteiger partial charge in [-0.05, 0) is 19.1 Å². The van der Waals surface area contributed by atoms with Crippen LogP contribution in [0.4, 0.5) is 0 Å². The molecule has 1 amide bonds. The number of amides is 1. The number of nitrogens with zero attached hydrogens (tertiary/aromatic N) is 2. The second kappa shape index (κ2) is 6.49. The Kier molecular flexibility index (Phi) is 4.44. The highest BCUT2D eigenvalue weighted by Crippen LogP contribution is 2.07. The highest BCUT2D eigenvalue weighted by atomic mass is 16.5. The van der Waals surface area contributed by atoms with E-state index < -0.39 is 0 Å². The molecule has 0 aliphatic heterocycles. The SMILES string of the molecule is Cc1cnc(C(=O)NCCOc2ccccc2)cn1. The van der Waals surface area contributed by atoms with E-state index in [-0.39, 0.29) is 5.91 Å². The molecule has 0 atom stereocenters. The molecule has 2 aromatic rings. The number of para-hydroxylation sites is 1. The van der Waals surface area contributed by atoms with Gasteiger partial charge in [0.25, 0.3) is 5.91 Å². The van der Waals surface area contributed by atoms with E-state index in [1.165, 1.54) is 6.20 Å². The molecule has 2 rings (SSSR count). The van der Waals surface area contributed by atoms with Crippen LogP contribution >= 0.6 is 0 Å². The predicted octanol–water partition coefficient (Wildman–Crippen LogP) is 1.59. The third-order valence-corrected chi connectivity index (χ3v) is 2.41. The molecule has 0 bridgehead atoms. The van der Waals surface area contributed by atoms with Crippen LogP contribution in [0.25, 0.3) is 0 Å². The van der Waals surface area contributed by atoms with E-state index in [2.05, 4.69) is 15.3 Å². The first-order valence-electron chi connectivity index (χ1n) is 6.00. The number of rotatable bonds is 5. The van der Waals surface area contributed by atoms with Crippen LogP contribution in [0.3, 0.4) is 0 Å². The summed E-state index contributed by atoms with van der Waals surface area (Å²) < 4.78 is 5.46. The fourth-order valence-corrected chi connectivity index (χ4v) is 1.45. The first-order valence-corrected chi connectivity index (χ1v) is 6.00. The molecule has 0 saturated heterocycles. The van der Waals surface area contributed by atoms with Gasteiger partial charge in [0, 0.05) is 6.20 Å². The Hall–Kier alpha value is -2.43. The number of carbonyl (C=O) groups is 1. The first kappa shape index (κ1) is 13.0. The summed E-state index contributed by atoms with van der Waals surface area (Å²) in [6.07, 6.45) is 3.03. The Morgan fingerprint density at radius 3 is 2.68 bits per heavy atom. The highest BCUT2D eigenvalue weighted by Gasteiger charge is 2.06. The fraction of sp³-hybridized carbons (Fsp3) is 0.214. The van der Waals surface area contributed by atoms with Crippen molar-refractivity contribution >= 4 is 5.91 Å². The van der Waals surface area contributed by atoms with Crippen LogP contribution in [-0.2, 0) is 0 Å². The average molecular weight is 257 g/mol. The standard InChI is InChI=1S/C14H15N3O2/c1-11-9-17-13(10-16-11)14(18)15-7-8-19-12-5-3-2-4-6-12/h2-6,9-10H,7-8H2,1H3,(H,15,18). The Labute approximate surface area is 111 Å². The Bertz CT molecular complexity index is 526. The van der Waals surface area contributed by atoms with Gasteiger partial charge in [0.1, 0.15) is 18.1 Å². The van der Waals surface area contributed by atoms with Gasteiger partial charge < -0.3 is 10.1 Å². The first-order chi connectivity index (χ1) is 9.25. The summed E-state index contributed by atoms with van der Waals surface area (Å²) in [6.45, 7) is 2.65. The number of aromatic nitrogens is 2. The predicted molar refractivity (Wildman–Crippen MR) is 71.0 cm³/mol. The van der Waals surface area contributed by atoms with E-state index in [0.717, 1.165) is 11.4 Å². The van der Waals surface area contributed by atoms with Crippen molar-refractivity contribution in [1.82, 2.24) is 15.3 Å². The highest BCUT2D eigenvalue weighted by molar-refractivity contribution is 5.91. The molecule has 5 nitrogen and oxygen atoms in total. The van der Waals surface area contributed by atoms with Gasteiger partial charge in [-0.15, -0.1) is 0 Å². The molecule has 98 valence electrons. The largest absolute Gasteiger partial charge is 0.492 e. The number of hydrogen-bond donors (Lipinski definition) is 1. The molecule has 0 saturated carbocycles. The summed E-state index contributed by atoms with van der Waals surface area (Å²) in [5.74, 6) is 0.538. The Morgan fingerprint density at radius 2 is 2.00 bits per heavy atom. The second-order valence-electron chi connectivity index (χ2n) is 3.96. The maximum Gasteiger partial charge on any atom is 0.271 e. The maximum absolute atomic E-state index is 11.7. The summed E-state index contributed by atoms with van der Waals surface area (Å²) in [4.78, 5) is 19.7. The van der Waals surface area contributed by atoms with Crippen LogP contribution in [0.15, 0.2) is 42.7 Å².